The van der Waals surface area contributed by atoms with Crippen LogP contribution in [0.1, 0.15) is 18.4 Å². The van der Waals surface area contributed by atoms with Gasteiger partial charge in [-0.3, -0.25) is 9.10 Å². The summed E-state index contributed by atoms with van der Waals surface area (Å²) in [6.45, 7) is 3.27. The number of aryl methyl sites for hydroxylation is 1. The Morgan fingerprint density at radius 2 is 1.97 bits per heavy atom. The van der Waals surface area contributed by atoms with Crippen LogP contribution in [0.3, 0.4) is 0 Å². The number of hydrogen-bond acceptors (Lipinski definition) is 6. The molecule has 1 amide bonds. The lowest BCUT2D eigenvalue weighted by molar-refractivity contribution is -0.122. The predicted molar refractivity (Wildman–Crippen MR) is 110 cm³/mol. The summed E-state index contributed by atoms with van der Waals surface area (Å²) in [5, 5.41) is 6.47. The van der Waals surface area contributed by atoms with Crippen LogP contribution in [0.15, 0.2) is 53.1 Å². The van der Waals surface area contributed by atoms with Crippen molar-refractivity contribution in [2.75, 3.05) is 10.6 Å². The Bertz CT molecular complexity index is 1160. The van der Waals surface area contributed by atoms with Gasteiger partial charge in [-0.15, -0.1) is 0 Å². The van der Waals surface area contributed by atoms with Gasteiger partial charge in [0, 0.05) is 5.56 Å². The van der Waals surface area contributed by atoms with Crippen molar-refractivity contribution < 1.29 is 22.1 Å². The molecule has 3 rings (SSSR count). The van der Waals surface area contributed by atoms with Crippen LogP contribution in [-0.2, 0) is 21.4 Å². The molecule has 1 atom stereocenters. The smallest absolute Gasteiger partial charge is 0.246 e. The van der Waals surface area contributed by atoms with E-state index in [9.17, 15) is 17.6 Å². The number of halogens is 1. The number of amides is 1. The molecule has 0 saturated heterocycles. The largest absolute Gasteiger partial charge is 0.345 e. The van der Waals surface area contributed by atoms with Crippen molar-refractivity contribution in [1.29, 1.82) is 0 Å². The standard InChI is InChI=1S/C20H21FN4O4S/c1-13-6-4-7-15(10-13)19-23-18(29-24-19)12-22-20(26)14(2)25(30(3,27)28)17-9-5-8-16(21)11-17/h4-11,14H,12H2,1-3H3,(H,22,26)/t14-/m1/s1. The summed E-state index contributed by atoms with van der Waals surface area (Å²) >= 11 is 0. The molecule has 3 aromatic rings. The second-order valence-corrected chi connectivity index (χ2v) is 8.67. The lowest BCUT2D eigenvalue weighted by Gasteiger charge is -2.28. The molecule has 0 fully saturated rings. The first-order chi connectivity index (χ1) is 14.1. The molecule has 2 aromatic carbocycles. The zero-order valence-electron chi connectivity index (χ0n) is 16.7. The highest BCUT2D eigenvalue weighted by Crippen LogP contribution is 2.22. The monoisotopic (exact) mass is 432 g/mol. The molecule has 0 aliphatic carbocycles. The quantitative estimate of drug-likeness (QED) is 0.615. The maximum Gasteiger partial charge on any atom is 0.246 e. The summed E-state index contributed by atoms with van der Waals surface area (Å²) in [5.41, 5.74) is 1.87. The van der Waals surface area contributed by atoms with Gasteiger partial charge in [-0.2, -0.15) is 4.98 Å². The summed E-state index contributed by atoms with van der Waals surface area (Å²) < 4.78 is 44.1. The molecule has 1 heterocycles. The van der Waals surface area contributed by atoms with Gasteiger partial charge in [0.1, 0.15) is 11.9 Å². The van der Waals surface area contributed by atoms with Gasteiger partial charge in [0.2, 0.25) is 27.6 Å². The topological polar surface area (TPSA) is 105 Å². The summed E-state index contributed by atoms with van der Waals surface area (Å²) in [4.78, 5) is 16.8. The third kappa shape index (κ3) is 5.01. The Kier molecular flexibility index (Phi) is 6.16. The second kappa shape index (κ2) is 8.62. The second-order valence-electron chi connectivity index (χ2n) is 6.81. The Hall–Kier alpha value is -3.27. The van der Waals surface area contributed by atoms with E-state index in [1.54, 1.807) is 0 Å². The van der Waals surface area contributed by atoms with Gasteiger partial charge in [0.15, 0.2) is 0 Å². The fourth-order valence-electron chi connectivity index (χ4n) is 2.96. The third-order valence-corrected chi connectivity index (χ3v) is 5.55. The maximum absolute atomic E-state index is 13.6. The van der Waals surface area contributed by atoms with E-state index in [0.717, 1.165) is 27.8 Å². The van der Waals surface area contributed by atoms with Gasteiger partial charge < -0.3 is 9.84 Å². The number of nitrogens with zero attached hydrogens (tertiary/aromatic N) is 3. The molecule has 0 bridgehead atoms. The van der Waals surface area contributed by atoms with E-state index in [-0.39, 0.29) is 18.1 Å². The zero-order valence-corrected chi connectivity index (χ0v) is 17.5. The maximum atomic E-state index is 13.6. The van der Waals surface area contributed by atoms with Crippen LogP contribution in [-0.4, -0.2) is 36.8 Å². The van der Waals surface area contributed by atoms with Crippen LogP contribution in [0.25, 0.3) is 11.4 Å². The third-order valence-electron chi connectivity index (χ3n) is 4.31. The van der Waals surface area contributed by atoms with Crippen LogP contribution in [0, 0.1) is 12.7 Å². The first-order valence-electron chi connectivity index (χ1n) is 9.07. The van der Waals surface area contributed by atoms with Crippen molar-refractivity contribution in [2.45, 2.75) is 26.4 Å². The van der Waals surface area contributed by atoms with E-state index in [2.05, 4.69) is 15.5 Å². The summed E-state index contributed by atoms with van der Waals surface area (Å²) in [6, 6.07) is 11.5. The van der Waals surface area contributed by atoms with E-state index in [4.69, 9.17) is 4.52 Å². The Balaban J connectivity index is 1.72. The van der Waals surface area contributed by atoms with Gasteiger partial charge in [0.25, 0.3) is 0 Å². The van der Waals surface area contributed by atoms with Gasteiger partial charge in [-0.05, 0) is 38.1 Å². The molecule has 0 spiro atoms. The van der Waals surface area contributed by atoms with E-state index < -0.39 is 27.8 Å². The molecule has 10 heteroatoms. The number of hydrogen-bond donors (Lipinski definition) is 1. The number of carbonyl (C=O) groups is 1. The van der Waals surface area contributed by atoms with Crippen LogP contribution in [0.5, 0.6) is 0 Å². The number of aromatic nitrogens is 2. The highest BCUT2D eigenvalue weighted by molar-refractivity contribution is 7.92. The molecule has 0 radical (unpaired) electrons. The molecular weight excluding hydrogens is 411 g/mol. The van der Waals surface area contributed by atoms with Crippen molar-refractivity contribution in [1.82, 2.24) is 15.5 Å². The van der Waals surface area contributed by atoms with E-state index in [0.29, 0.717) is 5.82 Å². The molecule has 8 nitrogen and oxygen atoms in total. The van der Waals surface area contributed by atoms with Crippen molar-refractivity contribution in [2.24, 2.45) is 0 Å². The minimum atomic E-state index is -3.84. The minimum Gasteiger partial charge on any atom is -0.345 e. The molecule has 1 aromatic heterocycles. The van der Waals surface area contributed by atoms with Crippen molar-refractivity contribution in [3.8, 4) is 11.4 Å². The van der Waals surface area contributed by atoms with Crippen molar-refractivity contribution in [3.63, 3.8) is 0 Å². The van der Waals surface area contributed by atoms with Gasteiger partial charge in [-0.25, -0.2) is 12.8 Å². The summed E-state index contributed by atoms with van der Waals surface area (Å²) in [7, 11) is -3.84. The lowest BCUT2D eigenvalue weighted by atomic mass is 10.1. The Morgan fingerprint density at radius 3 is 2.63 bits per heavy atom. The average Bonchev–Trinajstić information content (AvgIpc) is 3.14. The van der Waals surface area contributed by atoms with Crippen LogP contribution >= 0.6 is 0 Å². The van der Waals surface area contributed by atoms with Crippen LogP contribution in [0.2, 0.25) is 0 Å². The fourth-order valence-corrected chi connectivity index (χ4v) is 4.13. The summed E-state index contributed by atoms with van der Waals surface area (Å²) in [5.74, 6) is -0.652. The molecule has 0 aliphatic rings. The van der Waals surface area contributed by atoms with E-state index in [1.807, 2.05) is 31.2 Å². The number of benzene rings is 2. The van der Waals surface area contributed by atoms with E-state index in [1.165, 1.54) is 25.1 Å². The number of rotatable bonds is 7. The highest BCUT2D eigenvalue weighted by Gasteiger charge is 2.29. The molecule has 158 valence electrons. The lowest BCUT2D eigenvalue weighted by Crippen LogP contribution is -2.47. The van der Waals surface area contributed by atoms with Gasteiger partial charge in [-0.1, -0.05) is 35.0 Å². The molecule has 1 N–H and O–H groups in total. The zero-order chi connectivity index (χ0) is 21.9. The van der Waals surface area contributed by atoms with Crippen molar-refractivity contribution in [3.05, 3.63) is 65.8 Å². The number of anilines is 1. The van der Waals surface area contributed by atoms with Gasteiger partial charge in [0.05, 0.1) is 18.5 Å². The fraction of sp³-hybridized carbons (Fsp3) is 0.250. The molecule has 0 unspecified atom stereocenters. The molecule has 0 saturated carbocycles. The van der Waals surface area contributed by atoms with Crippen molar-refractivity contribution >= 4 is 21.6 Å². The molecule has 0 aliphatic heterocycles. The van der Waals surface area contributed by atoms with Crippen LogP contribution < -0.4 is 9.62 Å². The number of carbonyl (C=O) groups excluding carboxylic acids is 1. The van der Waals surface area contributed by atoms with Gasteiger partial charge >= 0.3 is 0 Å². The minimum absolute atomic E-state index is 0.0553. The Labute approximate surface area is 173 Å². The van der Waals surface area contributed by atoms with E-state index >= 15 is 0 Å². The SMILES string of the molecule is Cc1cccc(-c2noc(CNC(=O)[C@@H](C)N(c3cccc(F)c3)S(C)(=O)=O)n2)c1. The first kappa shape index (κ1) is 21.4. The molecule has 30 heavy (non-hydrogen) atoms. The number of sulfonamides is 1. The highest BCUT2D eigenvalue weighted by atomic mass is 32.2. The summed E-state index contributed by atoms with van der Waals surface area (Å²) in [6.07, 6.45) is 0.952. The normalized spacial score (nSPS) is 12.4. The first-order valence-corrected chi connectivity index (χ1v) is 10.9. The Morgan fingerprint density at radius 1 is 1.23 bits per heavy atom. The predicted octanol–water partition coefficient (Wildman–Crippen LogP) is 2.66. The molecular formula is C20H21FN4O4S. The average molecular weight is 432 g/mol. The van der Waals surface area contributed by atoms with Crippen LogP contribution in [0.4, 0.5) is 10.1 Å². The number of nitrogens with one attached hydrogen (secondary N) is 1.